The minimum absolute atomic E-state index is 0.00341. The minimum atomic E-state index is -4.78. The van der Waals surface area contributed by atoms with Crippen LogP contribution in [-0.4, -0.2) is 62.9 Å². The lowest BCUT2D eigenvalue weighted by atomic mass is 9.82. The maximum absolute atomic E-state index is 13.0. The van der Waals surface area contributed by atoms with E-state index < -0.39 is 27.9 Å². The van der Waals surface area contributed by atoms with E-state index in [1.54, 1.807) is 0 Å². The van der Waals surface area contributed by atoms with Gasteiger partial charge >= 0.3 is 5.76 Å². The van der Waals surface area contributed by atoms with Gasteiger partial charge in [-0.15, -0.1) is 0 Å². The summed E-state index contributed by atoms with van der Waals surface area (Å²) in [5, 5.41) is 0. The quantitative estimate of drug-likeness (QED) is 0.753. The van der Waals surface area contributed by atoms with Crippen LogP contribution in [0.15, 0.2) is 24.3 Å². The molecule has 1 unspecified atom stereocenters. The third-order valence-corrected chi connectivity index (χ3v) is 7.64. The molecule has 1 amide bonds. The molecular formula is C21H28F2N2O5S. The lowest BCUT2D eigenvalue weighted by Gasteiger charge is -2.41. The van der Waals surface area contributed by atoms with E-state index in [4.69, 9.17) is 9.47 Å². The largest absolute Gasteiger partial charge is 0.483 e. The van der Waals surface area contributed by atoms with E-state index in [9.17, 15) is 22.0 Å². The van der Waals surface area contributed by atoms with Crippen molar-refractivity contribution in [1.29, 1.82) is 0 Å². The molecule has 10 heteroatoms. The average Bonchev–Trinajstić information content (AvgIpc) is 2.77. The van der Waals surface area contributed by atoms with Crippen molar-refractivity contribution in [2.45, 2.75) is 68.4 Å². The molecule has 1 aromatic rings. The number of halogens is 2. The molecule has 5 rings (SSSR count). The van der Waals surface area contributed by atoms with Crippen LogP contribution in [0.1, 0.15) is 50.0 Å². The molecule has 3 aliphatic heterocycles. The van der Waals surface area contributed by atoms with Crippen LogP contribution >= 0.6 is 0 Å². The van der Waals surface area contributed by atoms with Gasteiger partial charge in [-0.05, 0) is 56.1 Å². The third-order valence-electron chi connectivity index (χ3n) is 6.54. The van der Waals surface area contributed by atoms with E-state index in [0.717, 1.165) is 31.2 Å². The number of nitrogens with zero attached hydrogens (tertiary/aromatic N) is 1. The molecule has 2 bridgehead atoms. The van der Waals surface area contributed by atoms with Crippen molar-refractivity contribution in [2.75, 3.05) is 19.8 Å². The van der Waals surface area contributed by atoms with Gasteiger partial charge in [-0.3, -0.25) is 4.79 Å². The first-order valence-corrected chi connectivity index (χ1v) is 12.3. The number of alkyl halides is 2. The van der Waals surface area contributed by atoms with Crippen LogP contribution in [0, 0.1) is 0 Å². The van der Waals surface area contributed by atoms with E-state index in [1.165, 1.54) is 4.90 Å². The summed E-state index contributed by atoms with van der Waals surface area (Å²) in [6.07, 6.45) is 4.39. The molecule has 1 aliphatic carbocycles. The number of benzene rings is 1. The first-order chi connectivity index (χ1) is 14.8. The number of hydrogen-bond acceptors (Lipinski definition) is 5. The summed E-state index contributed by atoms with van der Waals surface area (Å²) in [6, 6.07) is 6.24. The van der Waals surface area contributed by atoms with Crippen LogP contribution in [-0.2, 0) is 19.6 Å². The number of para-hydroxylation sites is 1. The Morgan fingerprint density at radius 2 is 1.84 bits per heavy atom. The molecule has 0 aromatic heterocycles. The molecule has 31 heavy (non-hydrogen) atoms. The molecule has 172 valence electrons. The summed E-state index contributed by atoms with van der Waals surface area (Å²) in [7, 11) is -4.78. The summed E-state index contributed by atoms with van der Waals surface area (Å²) >= 11 is 0. The normalized spacial score (nSPS) is 29.9. The summed E-state index contributed by atoms with van der Waals surface area (Å²) in [5.41, 5.74) is 1.09. The molecular weight excluding hydrogens is 430 g/mol. The summed E-state index contributed by atoms with van der Waals surface area (Å²) in [4.78, 5) is 14.5. The maximum atomic E-state index is 13.0. The fourth-order valence-corrected chi connectivity index (χ4v) is 5.72. The molecule has 1 N–H and O–H groups in total. The molecule has 2 fully saturated rings. The third kappa shape index (κ3) is 5.01. The second-order valence-electron chi connectivity index (χ2n) is 8.46. The lowest BCUT2D eigenvalue weighted by Crippen LogP contribution is -2.60. The van der Waals surface area contributed by atoms with Gasteiger partial charge in [-0.2, -0.15) is 8.78 Å². The fourth-order valence-electron chi connectivity index (χ4n) is 4.92. The first kappa shape index (κ1) is 22.4. The SMILES string of the molecule is O=C1COc2ccccc2C2CCC(CC2)OC[C@H]2C(NS(=O)(=O)C(F)F)CCCN12. The predicted octanol–water partition coefficient (Wildman–Crippen LogP) is 2.62. The van der Waals surface area contributed by atoms with Crippen LogP contribution in [0.3, 0.4) is 0 Å². The Kier molecular flexibility index (Phi) is 6.78. The van der Waals surface area contributed by atoms with Crippen molar-refractivity contribution in [3.8, 4) is 5.75 Å². The number of piperidine rings is 1. The summed E-state index contributed by atoms with van der Waals surface area (Å²) < 4.78 is 63.6. The Bertz CT molecular complexity index is 890. The smallest absolute Gasteiger partial charge is 0.350 e. The van der Waals surface area contributed by atoms with Crippen molar-refractivity contribution in [1.82, 2.24) is 9.62 Å². The number of fused-ring (bicyclic) bond motifs is 5. The number of sulfonamides is 1. The van der Waals surface area contributed by atoms with E-state index in [1.807, 2.05) is 24.3 Å². The van der Waals surface area contributed by atoms with Crippen molar-refractivity contribution < 1.29 is 31.5 Å². The molecule has 1 aromatic carbocycles. The van der Waals surface area contributed by atoms with E-state index in [2.05, 4.69) is 4.72 Å². The van der Waals surface area contributed by atoms with Gasteiger partial charge < -0.3 is 14.4 Å². The highest BCUT2D eigenvalue weighted by molar-refractivity contribution is 7.89. The molecule has 4 aliphatic rings. The van der Waals surface area contributed by atoms with Crippen molar-refractivity contribution in [3.05, 3.63) is 29.8 Å². The number of carbonyl (C=O) groups excluding carboxylic acids is 1. The molecule has 3 heterocycles. The lowest BCUT2D eigenvalue weighted by molar-refractivity contribution is -0.140. The first-order valence-electron chi connectivity index (χ1n) is 10.8. The summed E-state index contributed by atoms with van der Waals surface area (Å²) in [5.74, 6) is -2.82. The highest BCUT2D eigenvalue weighted by Crippen LogP contribution is 2.38. The van der Waals surface area contributed by atoms with Crippen molar-refractivity contribution in [2.24, 2.45) is 0 Å². The van der Waals surface area contributed by atoms with Gasteiger partial charge in [-0.25, -0.2) is 13.1 Å². The van der Waals surface area contributed by atoms with E-state index >= 15 is 0 Å². The van der Waals surface area contributed by atoms with Crippen LogP contribution in [0.2, 0.25) is 0 Å². The Labute approximate surface area is 181 Å². The number of nitrogens with one attached hydrogen (secondary N) is 1. The zero-order valence-corrected chi connectivity index (χ0v) is 18.0. The van der Waals surface area contributed by atoms with Gasteiger partial charge in [0.1, 0.15) is 5.75 Å². The van der Waals surface area contributed by atoms with E-state index in [0.29, 0.717) is 31.1 Å². The van der Waals surface area contributed by atoms with Gasteiger partial charge in [-0.1, -0.05) is 18.2 Å². The van der Waals surface area contributed by atoms with Crippen LogP contribution < -0.4 is 9.46 Å². The van der Waals surface area contributed by atoms with Crippen molar-refractivity contribution in [3.63, 3.8) is 0 Å². The number of carbonyl (C=O) groups is 1. The zero-order chi connectivity index (χ0) is 22.0. The van der Waals surface area contributed by atoms with Crippen molar-refractivity contribution >= 4 is 15.9 Å². The number of amides is 1. The Morgan fingerprint density at radius 3 is 2.58 bits per heavy atom. The van der Waals surface area contributed by atoms with Gasteiger partial charge in [0.25, 0.3) is 15.9 Å². The Balaban J connectivity index is 1.60. The zero-order valence-electron chi connectivity index (χ0n) is 17.2. The minimum Gasteiger partial charge on any atom is -0.483 e. The monoisotopic (exact) mass is 458 g/mol. The molecule has 1 saturated carbocycles. The Hall–Kier alpha value is -1.78. The molecule has 2 atom stereocenters. The maximum Gasteiger partial charge on any atom is 0.350 e. The van der Waals surface area contributed by atoms with Gasteiger partial charge in [0.2, 0.25) is 0 Å². The Morgan fingerprint density at radius 1 is 1.10 bits per heavy atom. The number of rotatable bonds is 3. The second kappa shape index (κ2) is 9.38. The topological polar surface area (TPSA) is 84.9 Å². The number of ether oxygens (including phenoxy) is 2. The highest BCUT2D eigenvalue weighted by atomic mass is 32.2. The van der Waals surface area contributed by atoms with Crippen LogP contribution in [0.5, 0.6) is 5.75 Å². The molecule has 7 nitrogen and oxygen atoms in total. The highest BCUT2D eigenvalue weighted by Gasteiger charge is 2.39. The molecule has 0 radical (unpaired) electrons. The van der Waals surface area contributed by atoms with Gasteiger partial charge in [0.05, 0.1) is 18.8 Å². The second-order valence-corrected chi connectivity index (χ2v) is 10.1. The van der Waals surface area contributed by atoms with E-state index in [-0.39, 0.29) is 25.2 Å². The van der Waals surface area contributed by atoms with Crippen LogP contribution in [0.25, 0.3) is 0 Å². The number of hydrogen-bond donors (Lipinski definition) is 1. The average molecular weight is 459 g/mol. The fraction of sp³-hybridized carbons (Fsp3) is 0.667. The predicted molar refractivity (Wildman–Crippen MR) is 109 cm³/mol. The standard InChI is InChI=1S/C21H28F2N2O5S/c22-21(23)31(27,28)24-17-5-3-11-25-18(17)12-29-15-9-7-14(8-10-15)16-4-1-2-6-19(16)30-13-20(25)26/h1-2,4,6,14-15,17-18,21,24H,3,5,7-13H2/t14?,15?,17?,18-/m0/s1. The van der Waals surface area contributed by atoms with Gasteiger partial charge in [0.15, 0.2) is 6.61 Å². The van der Waals surface area contributed by atoms with Crippen LogP contribution in [0.4, 0.5) is 8.78 Å². The molecule has 1 saturated heterocycles. The van der Waals surface area contributed by atoms with Gasteiger partial charge in [0, 0.05) is 12.6 Å². The summed E-state index contributed by atoms with van der Waals surface area (Å²) in [6.45, 7) is 0.306. The molecule has 0 spiro atoms.